The van der Waals surface area contributed by atoms with Crippen LogP contribution < -0.4 is 5.32 Å². The Bertz CT molecular complexity index is 642. The van der Waals surface area contributed by atoms with Crippen LogP contribution in [0, 0.1) is 0 Å². The van der Waals surface area contributed by atoms with Crippen molar-refractivity contribution in [3.05, 3.63) is 40.3 Å². The van der Waals surface area contributed by atoms with Crippen LogP contribution in [0.25, 0.3) is 0 Å². The van der Waals surface area contributed by atoms with Crippen molar-refractivity contribution in [2.75, 3.05) is 13.1 Å². The Kier molecular flexibility index (Phi) is 5.07. The van der Waals surface area contributed by atoms with Crippen LogP contribution in [0.1, 0.15) is 17.0 Å². The topological polar surface area (TPSA) is 50.2 Å². The maximum atomic E-state index is 13.8. The summed E-state index contributed by atoms with van der Waals surface area (Å²) in [6, 6.07) is 5.87. The lowest BCUT2D eigenvalue weighted by atomic mass is 10.2. The van der Waals surface area contributed by atoms with Crippen LogP contribution in [-0.4, -0.2) is 45.9 Å². The molecule has 0 radical (unpaired) electrons. The molecule has 23 heavy (non-hydrogen) atoms. The molecule has 0 aromatic carbocycles. The highest BCUT2D eigenvalue weighted by molar-refractivity contribution is 7.10. The molecule has 7 heteroatoms. The Morgan fingerprint density at radius 3 is 3.09 bits per heavy atom. The number of aromatic nitrogens is 2. The highest BCUT2D eigenvalue weighted by Crippen LogP contribution is 2.22. The van der Waals surface area contributed by atoms with Crippen LogP contribution in [0.4, 0.5) is 4.39 Å². The summed E-state index contributed by atoms with van der Waals surface area (Å²) in [4.78, 5) is 15.1. The average molecular weight is 336 g/mol. The second kappa shape index (κ2) is 7.23. The Morgan fingerprint density at radius 2 is 2.39 bits per heavy atom. The van der Waals surface area contributed by atoms with Crippen LogP contribution in [0.3, 0.4) is 0 Å². The van der Waals surface area contributed by atoms with Gasteiger partial charge < -0.3 is 5.32 Å². The number of halogens is 1. The van der Waals surface area contributed by atoms with E-state index in [-0.39, 0.29) is 11.9 Å². The van der Waals surface area contributed by atoms with Gasteiger partial charge in [0.2, 0.25) is 5.91 Å². The van der Waals surface area contributed by atoms with Gasteiger partial charge in [0.25, 0.3) is 0 Å². The molecule has 0 unspecified atom stereocenters. The molecular formula is C16H21FN4OS. The summed E-state index contributed by atoms with van der Waals surface area (Å²) in [5.41, 5.74) is 1.05. The number of rotatable bonds is 6. The van der Waals surface area contributed by atoms with Gasteiger partial charge in [0.15, 0.2) is 0 Å². The van der Waals surface area contributed by atoms with Gasteiger partial charge in [-0.2, -0.15) is 5.10 Å². The van der Waals surface area contributed by atoms with Crippen molar-refractivity contribution in [2.24, 2.45) is 7.05 Å². The molecule has 0 spiro atoms. The Morgan fingerprint density at radius 1 is 1.52 bits per heavy atom. The van der Waals surface area contributed by atoms with Crippen molar-refractivity contribution in [1.29, 1.82) is 0 Å². The number of hydrogen-bond donors (Lipinski definition) is 1. The number of carbonyl (C=O) groups is 1. The van der Waals surface area contributed by atoms with Gasteiger partial charge >= 0.3 is 0 Å². The number of likely N-dealkylation sites (tertiary alicyclic amines) is 1. The summed E-state index contributed by atoms with van der Waals surface area (Å²) in [5.74, 6) is -0.00441. The summed E-state index contributed by atoms with van der Waals surface area (Å²) >= 11 is 1.57. The molecule has 2 atom stereocenters. The van der Waals surface area contributed by atoms with Gasteiger partial charge in [-0.25, -0.2) is 4.39 Å². The molecule has 2 aromatic heterocycles. The molecular weight excluding hydrogens is 315 g/mol. The number of alkyl halides is 1. The summed E-state index contributed by atoms with van der Waals surface area (Å²) in [6.07, 6.45) is 1.78. The maximum absolute atomic E-state index is 13.8. The van der Waals surface area contributed by atoms with Crippen LogP contribution in [0.15, 0.2) is 29.8 Å². The third-order valence-corrected chi connectivity index (χ3v) is 5.09. The van der Waals surface area contributed by atoms with E-state index in [9.17, 15) is 9.18 Å². The number of nitrogens with one attached hydrogen (secondary N) is 1. The first-order valence-corrected chi connectivity index (χ1v) is 8.64. The van der Waals surface area contributed by atoms with Crippen LogP contribution in [-0.2, 0) is 24.8 Å². The summed E-state index contributed by atoms with van der Waals surface area (Å²) in [7, 11) is 1.89. The molecule has 1 aliphatic rings. The minimum atomic E-state index is -0.831. The predicted molar refractivity (Wildman–Crippen MR) is 88.0 cm³/mol. The summed E-state index contributed by atoms with van der Waals surface area (Å²) < 4.78 is 15.6. The number of thiophene rings is 1. The zero-order valence-corrected chi connectivity index (χ0v) is 13.9. The first-order valence-electron chi connectivity index (χ1n) is 7.76. The molecule has 1 N–H and O–H groups in total. The van der Waals surface area contributed by atoms with Crippen molar-refractivity contribution in [3.63, 3.8) is 0 Å². The van der Waals surface area contributed by atoms with E-state index in [2.05, 4.69) is 15.3 Å². The minimum Gasteiger partial charge on any atom is -0.354 e. The van der Waals surface area contributed by atoms with Gasteiger partial charge in [0.1, 0.15) is 6.17 Å². The molecule has 5 nitrogen and oxygen atoms in total. The molecule has 3 rings (SSSR count). The highest BCUT2D eigenvalue weighted by Gasteiger charge is 2.32. The van der Waals surface area contributed by atoms with E-state index in [0.717, 1.165) is 10.6 Å². The van der Waals surface area contributed by atoms with E-state index >= 15 is 0 Å². The van der Waals surface area contributed by atoms with Crippen LogP contribution in [0.2, 0.25) is 0 Å². The van der Waals surface area contributed by atoms with Gasteiger partial charge in [-0.05, 0) is 23.9 Å². The standard InChI is InChI=1S/C16H21FN4OS/c1-20-13(4-5-19-20)11-21-10-12(17)7-14(21)9-18-16(22)8-15-3-2-6-23-15/h2-6,12,14H,7-11H2,1H3,(H,18,22)/t12-,14-/m0/s1. The zero-order chi connectivity index (χ0) is 16.2. The average Bonchev–Trinajstić information content (AvgIpc) is 3.22. The van der Waals surface area contributed by atoms with E-state index in [4.69, 9.17) is 0 Å². The van der Waals surface area contributed by atoms with Gasteiger partial charge in [-0.1, -0.05) is 6.07 Å². The molecule has 1 aliphatic heterocycles. The summed E-state index contributed by atoms with van der Waals surface area (Å²) in [5, 5.41) is 9.05. The molecule has 1 amide bonds. The lowest BCUT2D eigenvalue weighted by molar-refractivity contribution is -0.120. The van der Waals surface area contributed by atoms with E-state index in [1.165, 1.54) is 0 Å². The molecule has 2 aromatic rings. The maximum Gasteiger partial charge on any atom is 0.225 e. The lowest BCUT2D eigenvalue weighted by Gasteiger charge is -2.24. The number of hydrogen-bond acceptors (Lipinski definition) is 4. The van der Waals surface area contributed by atoms with Gasteiger partial charge in [-0.3, -0.25) is 14.4 Å². The molecule has 124 valence electrons. The van der Waals surface area contributed by atoms with Crippen molar-refractivity contribution >= 4 is 17.2 Å². The Hall–Kier alpha value is -1.73. The monoisotopic (exact) mass is 336 g/mol. The quantitative estimate of drug-likeness (QED) is 0.874. The number of carbonyl (C=O) groups excluding carboxylic acids is 1. The second-order valence-corrected chi connectivity index (χ2v) is 6.95. The van der Waals surface area contributed by atoms with E-state index in [1.54, 1.807) is 22.2 Å². The first-order chi connectivity index (χ1) is 11.1. The lowest BCUT2D eigenvalue weighted by Crippen LogP contribution is -2.40. The number of aryl methyl sites for hydroxylation is 1. The molecule has 3 heterocycles. The van der Waals surface area contributed by atoms with E-state index < -0.39 is 6.17 Å². The fourth-order valence-corrected chi connectivity index (χ4v) is 3.66. The van der Waals surface area contributed by atoms with Crippen molar-refractivity contribution in [1.82, 2.24) is 20.0 Å². The summed E-state index contributed by atoms with van der Waals surface area (Å²) in [6.45, 7) is 1.56. The molecule has 0 saturated carbocycles. The van der Waals surface area contributed by atoms with Crippen molar-refractivity contribution in [3.8, 4) is 0 Å². The fraction of sp³-hybridized carbons (Fsp3) is 0.500. The Labute approximate surface area is 139 Å². The van der Waals surface area contributed by atoms with Crippen LogP contribution in [0.5, 0.6) is 0 Å². The highest BCUT2D eigenvalue weighted by atomic mass is 32.1. The van der Waals surface area contributed by atoms with E-state index in [0.29, 0.717) is 32.5 Å². The van der Waals surface area contributed by atoms with Gasteiger partial charge in [-0.15, -0.1) is 11.3 Å². The molecule has 0 aliphatic carbocycles. The van der Waals surface area contributed by atoms with Gasteiger partial charge in [0.05, 0.1) is 12.1 Å². The second-order valence-electron chi connectivity index (χ2n) is 5.92. The predicted octanol–water partition coefficient (Wildman–Crippen LogP) is 1.75. The Balaban J connectivity index is 1.53. The number of nitrogens with zero attached hydrogens (tertiary/aromatic N) is 3. The third kappa shape index (κ3) is 4.17. The third-order valence-electron chi connectivity index (χ3n) is 4.21. The largest absolute Gasteiger partial charge is 0.354 e. The minimum absolute atomic E-state index is 0.00441. The van der Waals surface area contributed by atoms with E-state index in [1.807, 2.05) is 30.6 Å². The fourth-order valence-electron chi connectivity index (χ4n) is 2.96. The van der Waals surface area contributed by atoms with Gasteiger partial charge in [0, 0.05) is 43.8 Å². The van der Waals surface area contributed by atoms with Crippen molar-refractivity contribution in [2.45, 2.75) is 31.6 Å². The van der Waals surface area contributed by atoms with Crippen LogP contribution >= 0.6 is 11.3 Å². The van der Waals surface area contributed by atoms with Crippen molar-refractivity contribution < 1.29 is 9.18 Å². The SMILES string of the molecule is Cn1nccc1CN1C[C@@H](F)C[C@H]1CNC(=O)Cc1cccs1. The zero-order valence-electron chi connectivity index (χ0n) is 13.1. The molecule has 0 bridgehead atoms. The first kappa shape index (κ1) is 16.1. The number of amides is 1. The molecule has 1 fully saturated rings. The normalized spacial score (nSPS) is 21.7. The smallest absolute Gasteiger partial charge is 0.225 e. The molecule has 1 saturated heterocycles.